The highest BCUT2D eigenvalue weighted by atomic mass is 31.2. The number of rotatable bonds is 8. The van der Waals surface area contributed by atoms with Gasteiger partial charge >= 0.3 is 7.82 Å². The minimum atomic E-state index is -4.52. The summed E-state index contributed by atoms with van der Waals surface area (Å²) in [4.78, 5) is 17.9. The first kappa shape index (κ1) is 24.2. The highest BCUT2D eigenvalue weighted by Gasteiger charge is 2.38. The SMILES string of the molecule is COc1ccc(F)c(OC[C@@H]2CCc3cc([C@@H]4CC[C@](N)(COP(=O)(O)O)C4)ccc3C2)c1. The minimum absolute atomic E-state index is 0.145. The zero-order valence-corrected chi connectivity index (χ0v) is 19.6. The maximum absolute atomic E-state index is 14.0. The van der Waals surface area contributed by atoms with Gasteiger partial charge in [0.05, 0.1) is 20.3 Å². The van der Waals surface area contributed by atoms with Crippen LogP contribution in [0.4, 0.5) is 4.39 Å². The molecule has 0 heterocycles. The van der Waals surface area contributed by atoms with E-state index in [0.29, 0.717) is 31.1 Å². The lowest BCUT2D eigenvalue weighted by molar-refractivity contribution is 0.153. The van der Waals surface area contributed by atoms with Crippen molar-refractivity contribution in [3.63, 3.8) is 0 Å². The van der Waals surface area contributed by atoms with Gasteiger partial charge in [-0.3, -0.25) is 4.52 Å². The molecular weight excluding hydrogens is 448 g/mol. The van der Waals surface area contributed by atoms with Gasteiger partial charge in [0, 0.05) is 11.6 Å². The number of halogens is 1. The molecule has 7 nitrogen and oxygen atoms in total. The van der Waals surface area contributed by atoms with Gasteiger partial charge in [-0.1, -0.05) is 18.2 Å². The first-order chi connectivity index (χ1) is 15.6. The molecule has 0 radical (unpaired) electrons. The standard InChI is InChI=1S/C24H31FNO6P/c1-30-21-6-7-22(25)23(12-21)31-14-16-2-3-18-11-19(5-4-17(18)10-16)20-8-9-24(26,13-20)15-32-33(27,28)29/h4-7,11-12,16,20H,2-3,8-10,13-15,26H2,1H3,(H2,27,28,29)/t16-,20-,24-/m1/s1. The molecule has 0 saturated heterocycles. The molecule has 4 rings (SSSR count). The van der Waals surface area contributed by atoms with E-state index in [-0.39, 0.29) is 18.3 Å². The molecule has 9 heteroatoms. The number of aryl methyl sites for hydroxylation is 1. The van der Waals surface area contributed by atoms with E-state index < -0.39 is 19.2 Å². The number of hydrogen-bond acceptors (Lipinski definition) is 5. The summed E-state index contributed by atoms with van der Waals surface area (Å²) in [5, 5.41) is 0. The zero-order chi connectivity index (χ0) is 23.6. The van der Waals surface area contributed by atoms with E-state index in [1.54, 1.807) is 19.2 Å². The van der Waals surface area contributed by atoms with Crippen LogP contribution in [-0.4, -0.2) is 35.6 Å². The van der Waals surface area contributed by atoms with Crippen LogP contribution in [0.2, 0.25) is 0 Å². The summed E-state index contributed by atoms with van der Waals surface area (Å²) in [6.07, 6.45) is 4.93. The minimum Gasteiger partial charge on any atom is -0.497 e. The van der Waals surface area contributed by atoms with Crippen LogP contribution in [0.1, 0.15) is 48.3 Å². The van der Waals surface area contributed by atoms with Crippen molar-refractivity contribution in [3.8, 4) is 11.5 Å². The van der Waals surface area contributed by atoms with Crippen molar-refractivity contribution in [2.24, 2.45) is 11.7 Å². The molecule has 0 bridgehead atoms. The van der Waals surface area contributed by atoms with Gasteiger partial charge in [-0.15, -0.1) is 0 Å². The monoisotopic (exact) mass is 479 g/mol. The first-order valence-corrected chi connectivity index (χ1v) is 12.7. The molecule has 3 atom stereocenters. The lowest BCUT2D eigenvalue weighted by atomic mass is 9.82. The fraction of sp³-hybridized carbons (Fsp3) is 0.500. The number of methoxy groups -OCH3 is 1. The predicted molar refractivity (Wildman–Crippen MR) is 122 cm³/mol. The molecule has 2 aromatic carbocycles. The summed E-state index contributed by atoms with van der Waals surface area (Å²) in [6.45, 7) is 0.303. The Morgan fingerprint density at radius 3 is 2.76 bits per heavy atom. The second-order valence-corrected chi connectivity index (χ2v) is 10.5. The first-order valence-electron chi connectivity index (χ1n) is 11.2. The molecule has 1 saturated carbocycles. The van der Waals surface area contributed by atoms with Gasteiger partial charge in [-0.2, -0.15) is 0 Å². The van der Waals surface area contributed by atoms with E-state index in [9.17, 15) is 8.96 Å². The quantitative estimate of drug-likeness (QED) is 0.489. The second-order valence-electron chi connectivity index (χ2n) is 9.31. The summed E-state index contributed by atoms with van der Waals surface area (Å²) in [7, 11) is -2.98. The molecule has 0 spiro atoms. The molecule has 0 unspecified atom stereocenters. The van der Waals surface area contributed by atoms with Crippen LogP contribution in [0.3, 0.4) is 0 Å². The molecule has 33 heavy (non-hydrogen) atoms. The van der Waals surface area contributed by atoms with Crippen molar-refractivity contribution in [2.45, 2.75) is 50.0 Å². The third-order valence-electron chi connectivity index (χ3n) is 6.81. The van der Waals surface area contributed by atoms with Gasteiger partial charge in [0.25, 0.3) is 0 Å². The van der Waals surface area contributed by atoms with E-state index in [1.165, 1.54) is 22.8 Å². The van der Waals surface area contributed by atoms with Crippen molar-refractivity contribution in [1.82, 2.24) is 0 Å². The number of nitrogens with two attached hydrogens (primary N) is 1. The average molecular weight is 479 g/mol. The average Bonchev–Trinajstić information content (AvgIpc) is 3.19. The Morgan fingerprint density at radius 1 is 1.18 bits per heavy atom. The molecule has 2 aliphatic rings. The van der Waals surface area contributed by atoms with Crippen LogP contribution in [0.15, 0.2) is 36.4 Å². The van der Waals surface area contributed by atoms with Gasteiger partial charge in [0.2, 0.25) is 0 Å². The van der Waals surface area contributed by atoms with E-state index in [1.807, 2.05) is 0 Å². The number of phosphoric ester groups is 1. The van der Waals surface area contributed by atoms with Crippen molar-refractivity contribution in [2.75, 3.05) is 20.3 Å². The molecule has 4 N–H and O–H groups in total. The van der Waals surface area contributed by atoms with Gasteiger partial charge in [0.15, 0.2) is 11.6 Å². The van der Waals surface area contributed by atoms with E-state index >= 15 is 0 Å². The van der Waals surface area contributed by atoms with Crippen molar-refractivity contribution < 1.29 is 32.7 Å². The van der Waals surface area contributed by atoms with Gasteiger partial charge < -0.3 is 25.0 Å². The fourth-order valence-electron chi connectivity index (χ4n) is 4.96. The highest BCUT2D eigenvalue weighted by molar-refractivity contribution is 7.46. The molecule has 0 amide bonds. The lowest BCUT2D eigenvalue weighted by Gasteiger charge is -2.27. The largest absolute Gasteiger partial charge is 0.497 e. The van der Waals surface area contributed by atoms with Crippen molar-refractivity contribution >= 4 is 7.82 Å². The second kappa shape index (κ2) is 9.72. The summed E-state index contributed by atoms with van der Waals surface area (Å²) in [5.41, 5.74) is 9.43. The number of benzene rings is 2. The molecular formula is C24H31FNO6P. The maximum atomic E-state index is 14.0. The molecule has 2 aromatic rings. The number of phosphoric acid groups is 1. The van der Waals surface area contributed by atoms with Crippen molar-refractivity contribution in [3.05, 3.63) is 58.9 Å². The van der Waals surface area contributed by atoms with E-state index in [2.05, 4.69) is 22.7 Å². The molecule has 0 aliphatic heterocycles. The number of hydrogen-bond donors (Lipinski definition) is 3. The number of ether oxygens (including phenoxy) is 2. The highest BCUT2D eigenvalue weighted by Crippen LogP contribution is 2.44. The lowest BCUT2D eigenvalue weighted by Crippen LogP contribution is -2.41. The Hall–Kier alpha value is -1.96. The molecule has 2 aliphatic carbocycles. The van der Waals surface area contributed by atoms with Crippen LogP contribution < -0.4 is 15.2 Å². The van der Waals surface area contributed by atoms with Gasteiger partial charge in [-0.25, -0.2) is 8.96 Å². The van der Waals surface area contributed by atoms with Crippen LogP contribution >= 0.6 is 7.82 Å². The normalized spacial score (nSPS) is 25.0. The van der Waals surface area contributed by atoms with Crippen LogP contribution in [0.25, 0.3) is 0 Å². The zero-order valence-electron chi connectivity index (χ0n) is 18.7. The van der Waals surface area contributed by atoms with Crippen LogP contribution in [-0.2, 0) is 21.9 Å². The fourth-order valence-corrected chi connectivity index (χ4v) is 5.39. The van der Waals surface area contributed by atoms with Gasteiger partial charge in [0.1, 0.15) is 5.75 Å². The van der Waals surface area contributed by atoms with Crippen LogP contribution in [0.5, 0.6) is 11.5 Å². The Labute approximate surface area is 193 Å². The maximum Gasteiger partial charge on any atom is 0.469 e. The smallest absolute Gasteiger partial charge is 0.469 e. The van der Waals surface area contributed by atoms with Gasteiger partial charge in [-0.05, 0) is 79.2 Å². The molecule has 1 fully saturated rings. The summed E-state index contributed by atoms with van der Waals surface area (Å²) >= 11 is 0. The Bertz CT molecular complexity index is 1040. The van der Waals surface area contributed by atoms with E-state index in [0.717, 1.165) is 25.7 Å². The molecule has 0 aromatic heterocycles. The predicted octanol–water partition coefficient (Wildman–Crippen LogP) is 4.09. The van der Waals surface area contributed by atoms with E-state index in [4.69, 9.17) is 25.0 Å². The number of fused-ring (bicyclic) bond motifs is 1. The third-order valence-corrected chi connectivity index (χ3v) is 7.27. The van der Waals surface area contributed by atoms with Crippen molar-refractivity contribution in [1.29, 1.82) is 0 Å². The Kier molecular flexibility index (Phi) is 7.12. The molecule has 180 valence electrons. The Balaban J connectivity index is 1.35. The summed E-state index contributed by atoms with van der Waals surface area (Å²) < 4.78 is 40.6. The third kappa shape index (κ3) is 6.14. The topological polar surface area (TPSA) is 111 Å². The summed E-state index contributed by atoms with van der Waals surface area (Å²) in [6, 6.07) is 11.0. The Morgan fingerprint density at radius 2 is 2.00 bits per heavy atom. The summed E-state index contributed by atoms with van der Waals surface area (Å²) in [5.74, 6) is 0.939. The van der Waals surface area contributed by atoms with Crippen LogP contribution in [0, 0.1) is 11.7 Å².